The maximum absolute atomic E-state index is 9.70. The summed E-state index contributed by atoms with van der Waals surface area (Å²) in [7, 11) is 0. The molecule has 1 rings (SSSR count). The van der Waals surface area contributed by atoms with Crippen molar-refractivity contribution in [3.05, 3.63) is 34.9 Å². The quantitative estimate of drug-likeness (QED) is 0.794. The predicted octanol–water partition coefficient (Wildman–Crippen LogP) is 3.12. The number of hydrogen-bond donors (Lipinski definition) is 2. The first-order valence-electron chi connectivity index (χ1n) is 6.53. The molecular formula is C15H25NO. The minimum Gasteiger partial charge on any atom is -0.392 e. The predicted molar refractivity (Wildman–Crippen MR) is 73.2 cm³/mol. The van der Waals surface area contributed by atoms with Crippen LogP contribution in [0.3, 0.4) is 0 Å². The number of aliphatic hydroxyl groups excluding tert-OH is 1. The highest BCUT2D eigenvalue weighted by Gasteiger charge is 2.10. The summed E-state index contributed by atoms with van der Waals surface area (Å²) in [6.07, 6.45) is 1.67. The van der Waals surface area contributed by atoms with Gasteiger partial charge in [-0.05, 0) is 38.3 Å². The molecule has 2 nitrogen and oxygen atoms in total. The van der Waals surface area contributed by atoms with Crippen molar-refractivity contribution in [1.82, 2.24) is 5.32 Å². The van der Waals surface area contributed by atoms with Gasteiger partial charge in [-0.1, -0.05) is 37.1 Å². The Hall–Kier alpha value is -0.860. The van der Waals surface area contributed by atoms with E-state index < -0.39 is 0 Å². The second-order valence-corrected chi connectivity index (χ2v) is 4.93. The van der Waals surface area contributed by atoms with Crippen LogP contribution in [-0.2, 0) is 0 Å². The molecule has 2 atom stereocenters. The number of nitrogens with one attached hydrogen (secondary N) is 1. The average Bonchev–Trinajstić information content (AvgIpc) is 2.26. The van der Waals surface area contributed by atoms with Crippen molar-refractivity contribution >= 4 is 0 Å². The number of benzene rings is 1. The molecule has 0 spiro atoms. The largest absolute Gasteiger partial charge is 0.392 e. The summed E-state index contributed by atoms with van der Waals surface area (Å²) in [5.74, 6) is 0. The van der Waals surface area contributed by atoms with Crippen molar-refractivity contribution in [3.63, 3.8) is 0 Å². The van der Waals surface area contributed by atoms with Gasteiger partial charge in [0, 0.05) is 12.6 Å². The van der Waals surface area contributed by atoms with Gasteiger partial charge < -0.3 is 10.4 Å². The van der Waals surface area contributed by atoms with E-state index in [4.69, 9.17) is 0 Å². The first kappa shape index (κ1) is 14.2. The van der Waals surface area contributed by atoms with Gasteiger partial charge in [-0.25, -0.2) is 0 Å². The number of aryl methyl sites for hydroxylation is 2. The normalized spacial score (nSPS) is 14.6. The fourth-order valence-electron chi connectivity index (χ4n) is 2.17. The van der Waals surface area contributed by atoms with Crippen LogP contribution in [0.4, 0.5) is 0 Å². The summed E-state index contributed by atoms with van der Waals surface area (Å²) < 4.78 is 0. The summed E-state index contributed by atoms with van der Waals surface area (Å²) in [6.45, 7) is 9.16. The van der Waals surface area contributed by atoms with Crippen LogP contribution < -0.4 is 5.32 Å². The summed E-state index contributed by atoms with van der Waals surface area (Å²) in [5, 5.41) is 13.1. The smallest absolute Gasteiger partial charge is 0.0664 e. The minimum absolute atomic E-state index is 0.229. The molecule has 2 N–H and O–H groups in total. The monoisotopic (exact) mass is 235 g/mol. The molecule has 17 heavy (non-hydrogen) atoms. The van der Waals surface area contributed by atoms with E-state index >= 15 is 0 Å². The minimum atomic E-state index is -0.229. The highest BCUT2D eigenvalue weighted by Crippen LogP contribution is 2.18. The molecule has 0 amide bonds. The zero-order valence-electron chi connectivity index (χ0n) is 11.5. The van der Waals surface area contributed by atoms with E-state index in [0.29, 0.717) is 12.6 Å². The van der Waals surface area contributed by atoms with Gasteiger partial charge in [0.25, 0.3) is 0 Å². The highest BCUT2D eigenvalue weighted by molar-refractivity contribution is 5.32. The van der Waals surface area contributed by atoms with Crippen molar-refractivity contribution in [2.24, 2.45) is 0 Å². The standard InChI is InChI=1S/C15H25NO/c1-5-6-14(17)10-16-13(4)15-8-7-11(2)9-12(15)3/h7-9,13-14,16-17H,5-6,10H2,1-4H3. The van der Waals surface area contributed by atoms with E-state index in [1.165, 1.54) is 16.7 Å². The summed E-state index contributed by atoms with van der Waals surface area (Å²) in [5.41, 5.74) is 3.93. The Morgan fingerprint density at radius 2 is 2.00 bits per heavy atom. The molecule has 0 aromatic heterocycles. The lowest BCUT2D eigenvalue weighted by Crippen LogP contribution is -2.29. The van der Waals surface area contributed by atoms with E-state index in [2.05, 4.69) is 51.2 Å². The molecule has 0 aliphatic carbocycles. The van der Waals surface area contributed by atoms with E-state index in [9.17, 15) is 5.11 Å². The molecule has 0 heterocycles. The SMILES string of the molecule is CCCC(O)CNC(C)c1ccc(C)cc1C. The second kappa shape index (κ2) is 6.77. The van der Waals surface area contributed by atoms with Crippen LogP contribution in [0.15, 0.2) is 18.2 Å². The molecule has 1 aromatic carbocycles. The molecule has 1 aromatic rings. The molecule has 0 fully saturated rings. The Kier molecular flexibility index (Phi) is 5.66. The molecular weight excluding hydrogens is 210 g/mol. The first-order chi connectivity index (χ1) is 8.04. The maximum atomic E-state index is 9.70. The molecule has 96 valence electrons. The van der Waals surface area contributed by atoms with Crippen molar-refractivity contribution in [3.8, 4) is 0 Å². The zero-order chi connectivity index (χ0) is 12.8. The lowest BCUT2D eigenvalue weighted by Gasteiger charge is -2.19. The average molecular weight is 235 g/mol. The Balaban J connectivity index is 2.54. The van der Waals surface area contributed by atoms with Crippen LogP contribution in [0.5, 0.6) is 0 Å². The van der Waals surface area contributed by atoms with Gasteiger partial charge in [-0.15, -0.1) is 0 Å². The van der Waals surface area contributed by atoms with Gasteiger partial charge in [-0.2, -0.15) is 0 Å². The van der Waals surface area contributed by atoms with Gasteiger partial charge in [0.2, 0.25) is 0 Å². The van der Waals surface area contributed by atoms with Crippen molar-refractivity contribution in [2.45, 2.75) is 52.7 Å². The van der Waals surface area contributed by atoms with Gasteiger partial charge in [0.05, 0.1) is 6.10 Å². The molecule has 2 unspecified atom stereocenters. The Bertz CT molecular complexity index is 349. The van der Waals surface area contributed by atoms with E-state index in [-0.39, 0.29) is 6.10 Å². The molecule has 0 aliphatic heterocycles. The van der Waals surface area contributed by atoms with Crippen LogP contribution in [0.25, 0.3) is 0 Å². The van der Waals surface area contributed by atoms with E-state index in [1.807, 2.05) is 0 Å². The Labute approximate surface area is 105 Å². The fourth-order valence-corrected chi connectivity index (χ4v) is 2.17. The van der Waals surface area contributed by atoms with Crippen LogP contribution in [0.2, 0.25) is 0 Å². The van der Waals surface area contributed by atoms with Crippen molar-refractivity contribution in [2.75, 3.05) is 6.54 Å². The summed E-state index contributed by atoms with van der Waals surface area (Å²) in [4.78, 5) is 0. The Morgan fingerprint density at radius 1 is 1.29 bits per heavy atom. The maximum Gasteiger partial charge on any atom is 0.0664 e. The van der Waals surface area contributed by atoms with Crippen LogP contribution in [-0.4, -0.2) is 17.8 Å². The van der Waals surface area contributed by atoms with Gasteiger partial charge in [-0.3, -0.25) is 0 Å². The zero-order valence-corrected chi connectivity index (χ0v) is 11.5. The fraction of sp³-hybridized carbons (Fsp3) is 0.600. The van der Waals surface area contributed by atoms with Gasteiger partial charge in [0.15, 0.2) is 0 Å². The van der Waals surface area contributed by atoms with Gasteiger partial charge >= 0.3 is 0 Å². The van der Waals surface area contributed by atoms with Crippen LogP contribution in [0, 0.1) is 13.8 Å². The molecule has 0 radical (unpaired) electrons. The first-order valence-corrected chi connectivity index (χ1v) is 6.53. The summed E-state index contributed by atoms with van der Waals surface area (Å²) >= 11 is 0. The molecule has 2 heteroatoms. The molecule has 0 saturated heterocycles. The lowest BCUT2D eigenvalue weighted by atomic mass is 10.00. The van der Waals surface area contributed by atoms with E-state index in [0.717, 1.165) is 12.8 Å². The van der Waals surface area contributed by atoms with Crippen molar-refractivity contribution in [1.29, 1.82) is 0 Å². The third-order valence-corrected chi connectivity index (χ3v) is 3.17. The van der Waals surface area contributed by atoms with Crippen molar-refractivity contribution < 1.29 is 5.11 Å². The number of aliphatic hydroxyl groups is 1. The Morgan fingerprint density at radius 3 is 2.59 bits per heavy atom. The highest BCUT2D eigenvalue weighted by atomic mass is 16.3. The second-order valence-electron chi connectivity index (χ2n) is 4.93. The molecule has 0 bridgehead atoms. The van der Waals surface area contributed by atoms with Crippen LogP contribution in [0.1, 0.15) is 49.4 Å². The lowest BCUT2D eigenvalue weighted by molar-refractivity contribution is 0.157. The topological polar surface area (TPSA) is 32.3 Å². The molecule has 0 aliphatic rings. The summed E-state index contributed by atoms with van der Waals surface area (Å²) in [6, 6.07) is 6.81. The number of hydrogen-bond acceptors (Lipinski definition) is 2. The molecule has 0 saturated carbocycles. The third-order valence-electron chi connectivity index (χ3n) is 3.17. The third kappa shape index (κ3) is 4.49. The number of rotatable bonds is 6. The van der Waals surface area contributed by atoms with E-state index in [1.54, 1.807) is 0 Å². The van der Waals surface area contributed by atoms with Crippen LogP contribution >= 0.6 is 0 Å². The van der Waals surface area contributed by atoms with Gasteiger partial charge in [0.1, 0.15) is 0 Å².